The summed E-state index contributed by atoms with van der Waals surface area (Å²) in [6, 6.07) is 13.4. The molecule has 0 spiro atoms. The molecule has 3 rings (SSSR count). The molecule has 0 bridgehead atoms. The van der Waals surface area contributed by atoms with Crippen LogP contribution >= 0.6 is 0 Å². The van der Waals surface area contributed by atoms with Gasteiger partial charge < -0.3 is 9.15 Å². The fourth-order valence-electron chi connectivity index (χ4n) is 2.58. The van der Waals surface area contributed by atoms with Crippen molar-refractivity contribution in [2.75, 3.05) is 0 Å². The molecule has 1 heterocycles. The van der Waals surface area contributed by atoms with E-state index in [9.17, 15) is 22.4 Å². The fraction of sp³-hybridized carbons (Fsp3) is 0.143. The molecule has 0 saturated heterocycles. The summed E-state index contributed by atoms with van der Waals surface area (Å²) in [6.45, 7) is 1.34. The van der Waals surface area contributed by atoms with Gasteiger partial charge in [-0.05, 0) is 61.5 Å². The van der Waals surface area contributed by atoms with Gasteiger partial charge in [-0.15, -0.1) is 0 Å². The van der Waals surface area contributed by atoms with Gasteiger partial charge in [0.2, 0.25) is 15.8 Å². The second-order valence-corrected chi connectivity index (χ2v) is 8.12. The number of rotatable bonds is 8. The van der Waals surface area contributed by atoms with Crippen LogP contribution in [0.2, 0.25) is 0 Å². The second kappa shape index (κ2) is 9.02. The first-order valence-electron chi connectivity index (χ1n) is 8.89. The number of Topliss-reactive ketones (excluding diaryl/α,β-unsaturated/α-hetero) is 1. The van der Waals surface area contributed by atoms with Gasteiger partial charge in [0, 0.05) is 5.56 Å². The molecule has 30 heavy (non-hydrogen) atoms. The first-order chi connectivity index (χ1) is 14.3. The van der Waals surface area contributed by atoms with Gasteiger partial charge in [0.05, 0.1) is 23.3 Å². The Bertz CT molecular complexity index is 1140. The van der Waals surface area contributed by atoms with Crippen LogP contribution in [0, 0.1) is 5.82 Å². The van der Waals surface area contributed by atoms with Crippen molar-refractivity contribution in [2.24, 2.45) is 0 Å². The Morgan fingerprint density at radius 1 is 1.07 bits per heavy atom. The normalized spacial score (nSPS) is 12.3. The maximum Gasteiger partial charge on any atom is 0.338 e. The maximum atomic E-state index is 13.0. The Kier molecular flexibility index (Phi) is 6.43. The smallest absolute Gasteiger partial charge is 0.338 e. The SMILES string of the molecule is CC(OC(=O)c1cccc(S(=O)(=O)NCc2ccco2)c1)C(=O)c1ccc(F)cc1. The zero-order valence-corrected chi connectivity index (χ0v) is 16.7. The van der Waals surface area contributed by atoms with Crippen LogP contribution in [0.25, 0.3) is 0 Å². The van der Waals surface area contributed by atoms with E-state index in [-0.39, 0.29) is 22.6 Å². The zero-order chi connectivity index (χ0) is 21.7. The van der Waals surface area contributed by atoms with Crippen LogP contribution < -0.4 is 4.72 Å². The molecule has 0 radical (unpaired) electrons. The Morgan fingerprint density at radius 2 is 1.80 bits per heavy atom. The van der Waals surface area contributed by atoms with Gasteiger partial charge in [-0.25, -0.2) is 22.3 Å². The van der Waals surface area contributed by atoms with E-state index >= 15 is 0 Å². The summed E-state index contributed by atoms with van der Waals surface area (Å²) in [4.78, 5) is 24.6. The van der Waals surface area contributed by atoms with Crippen molar-refractivity contribution in [3.63, 3.8) is 0 Å². The number of sulfonamides is 1. The van der Waals surface area contributed by atoms with Gasteiger partial charge >= 0.3 is 5.97 Å². The predicted octanol–water partition coefficient (Wildman–Crippen LogP) is 3.33. The molecule has 9 heteroatoms. The van der Waals surface area contributed by atoms with Crippen LogP contribution in [0.4, 0.5) is 4.39 Å². The number of hydrogen-bond acceptors (Lipinski definition) is 6. The minimum atomic E-state index is -3.90. The first kappa shape index (κ1) is 21.4. The molecule has 0 aliphatic heterocycles. The molecule has 1 aromatic heterocycles. The van der Waals surface area contributed by atoms with Crippen molar-refractivity contribution >= 4 is 21.8 Å². The summed E-state index contributed by atoms with van der Waals surface area (Å²) in [7, 11) is -3.90. The third-order valence-corrected chi connectivity index (χ3v) is 5.58. The molecule has 0 amide bonds. The van der Waals surface area contributed by atoms with Crippen molar-refractivity contribution in [1.29, 1.82) is 0 Å². The quantitative estimate of drug-likeness (QED) is 0.434. The molecule has 1 N–H and O–H groups in total. The van der Waals surface area contributed by atoms with E-state index in [4.69, 9.17) is 9.15 Å². The molecule has 0 aliphatic rings. The molecule has 7 nitrogen and oxygen atoms in total. The van der Waals surface area contributed by atoms with Crippen LogP contribution in [-0.2, 0) is 21.3 Å². The third kappa shape index (κ3) is 5.19. The highest BCUT2D eigenvalue weighted by Crippen LogP contribution is 2.15. The molecular formula is C21H18FNO6S. The average Bonchev–Trinajstić information content (AvgIpc) is 3.26. The molecular weight excluding hydrogens is 413 g/mol. The van der Waals surface area contributed by atoms with Gasteiger partial charge in [-0.2, -0.15) is 0 Å². The number of carbonyl (C=O) groups is 2. The molecule has 0 fully saturated rings. The van der Waals surface area contributed by atoms with Crippen LogP contribution in [0.15, 0.2) is 76.2 Å². The summed E-state index contributed by atoms with van der Waals surface area (Å²) in [5, 5.41) is 0. The van der Waals surface area contributed by atoms with Crippen molar-refractivity contribution in [3.05, 3.63) is 89.6 Å². The standard InChI is InChI=1S/C21H18FNO6S/c1-14(20(24)15-7-9-17(22)10-8-15)29-21(25)16-4-2-6-19(12-16)30(26,27)23-13-18-5-3-11-28-18/h2-12,14,23H,13H2,1H3. The van der Waals surface area contributed by atoms with Gasteiger partial charge in [0.15, 0.2) is 6.10 Å². The van der Waals surface area contributed by atoms with Crippen LogP contribution in [0.1, 0.15) is 33.4 Å². The Labute approximate surface area is 172 Å². The average molecular weight is 431 g/mol. The molecule has 156 valence electrons. The topological polar surface area (TPSA) is 103 Å². The molecule has 2 aromatic carbocycles. The van der Waals surface area contributed by atoms with E-state index < -0.39 is 33.7 Å². The van der Waals surface area contributed by atoms with Crippen LogP contribution in [0.5, 0.6) is 0 Å². The molecule has 0 aliphatic carbocycles. The summed E-state index contributed by atoms with van der Waals surface area (Å²) >= 11 is 0. The van der Waals surface area contributed by atoms with Gasteiger partial charge in [-0.3, -0.25) is 4.79 Å². The zero-order valence-electron chi connectivity index (χ0n) is 15.9. The number of ether oxygens (including phenoxy) is 1. The number of nitrogens with one attached hydrogen (secondary N) is 1. The molecule has 1 unspecified atom stereocenters. The van der Waals surface area contributed by atoms with Gasteiger partial charge in [0.25, 0.3) is 0 Å². The number of ketones is 1. The lowest BCUT2D eigenvalue weighted by Crippen LogP contribution is -2.25. The third-order valence-electron chi connectivity index (χ3n) is 4.18. The number of carbonyl (C=O) groups excluding carboxylic acids is 2. The van der Waals surface area contributed by atoms with E-state index in [1.807, 2.05) is 0 Å². The number of hydrogen-bond donors (Lipinski definition) is 1. The minimum Gasteiger partial charge on any atom is -0.468 e. The highest BCUT2D eigenvalue weighted by atomic mass is 32.2. The largest absolute Gasteiger partial charge is 0.468 e. The Morgan fingerprint density at radius 3 is 2.47 bits per heavy atom. The first-order valence-corrected chi connectivity index (χ1v) is 10.4. The van der Waals surface area contributed by atoms with Crippen molar-refractivity contribution in [3.8, 4) is 0 Å². The van der Waals surface area contributed by atoms with Crippen LogP contribution in [0.3, 0.4) is 0 Å². The lowest BCUT2D eigenvalue weighted by atomic mass is 10.1. The summed E-state index contributed by atoms with van der Waals surface area (Å²) in [5.41, 5.74) is 0.157. The monoisotopic (exact) mass is 431 g/mol. The number of benzene rings is 2. The van der Waals surface area contributed by atoms with E-state index in [0.717, 1.165) is 18.2 Å². The summed E-state index contributed by atoms with van der Waals surface area (Å²) in [6.07, 6.45) is 0.287. The Balaban J connectivity index is 1.69. The number of furan rings is 1. The summed E-state index contributed by atoms with van der Waals surface area (Å²) < 4.78 is 50.5. The maximum absolute atomic E-state index is 13.0. The molecule has 3 aromatic rings. The molecule has 0 saturated carbocycles. The van der Waals surface area contributed by atoms with Gasteiger partial charge in [0.1, 0.15) is 11.6 Å². The van der Waals surface area contributed by atoms with Gasteiger partial charge in [-0.1, -0.05) is 6.07 Å². The number of halogens is 1. The van der Waals surface area contributed by atoms with E-state index in [1.54, 1.807) is 12.1 Å². The van der Waals surface area contributed by atoms with Crippen molar-refractivity contribution in [2.45, 2.75) is 24.5 Å². The summed E-state index contributed by atoms with van der Waals surface area (Å²) in [5.74, 6) is -1.43. The van der Waals surface area contributed by atoms with E-state index in [0.29, 0.717) is 5.76 Å². The highest BCUT2D eigenvalue weighted by Gasteiger charge is 2.22. The van der Waals surface area contributed by atoms with E-state index in [2.05, 4.69) is 4.72 Å². The number of esters is 1. The fourth-order valence-corrected chi connectivity index (χ4v) is 3.62. The van der Waals surface area contributed by atoms with E-state index in [1.165, 1.54) is 43.5 Å². The predicted molar refractivity (Wildman–Crippen MR) is 105 cm³/mol. The van der Waals surface area contributed by atoms with Crippen LogP contribution in [-0.4, -0.2) is 26.3 Å². The minimum absolute atomic E-state index is 0.0328. The molecule has 1 atom stereocenters. The lowest BCUT2D eigenvalue weighted by molar-refractivity contribution is 0.0318. The van der Waals surface area contributed by atoms with Crippen molar-refractivity contribution in [1.82, 2.24) is 4.72 Å². The lowest BCUT2D eigenvalue weighted by Gasteiger charge is -2.13. The highest BCUT2D eigenvalue weighted by molar-refractivity contribution is 7.89. The second-order valence-electron chi connectivity index (χ2n) is 6.35. The van der Waals surface area contributed by atoms with Crippen molar-refractivity contribution < 1.29 is 31.6 Å². The Hall–Kier alpha value is -3.30.